The van der Waals surface area contributed by atoms with E-state index < -0.39 is 25.9 Å². The van der Waals surface area contributed by atoms with Crippen LogP contribution < -0.4 is 4.31 Å². The second-order valence-electron chi connectivity index (χ2n) is 6.75. The van der Waals surface area contributed by atoms with E-state index in [4.69, 9.17) is 0 Å². The Morgan fingerprint density at radius 1 is 0.774 bits per heavy atom. The lowest BCUT2D eigenvalue weighted by Crippen LogP contribution is -2.39. The Balaban J connectivity index is 1.96. The molecule has 0 saturated carbocycles. The second kappa shape index (κ2) is 7.65. The first kappa shape index (κ1) is 20.2. The maximum Gasteiger partial charge on any atom is 0.274 e. The molecule has 156 valence electrons. The van der Waals surface area contributed by atoms with Crippen molar-refractivity contribution in [2.24, 2.45) is 0 Å². The second-order valence-corrected chi connectivity index (χ2v) is 8.57. The van der Waals surface area contributed by atoms with E-state index in [-0.39, 0.29) is 22.0 Å². The van der Waals surface area contributed by atoms with Crippen LogP contribution in [0.2, 0.25) is 0 Å². The van der Waals surface area contributed by atoms with Crippen molar-refractivity contribution in [2.75, 3.05) is 4.31 Å². The number of non-ortho nitro benzene ring substituents is 1. The van der Waals surface area contributed by atoms with Gasteiger partial charge in [0.2, 0.25) is 0 Å². The molecule has 0 amide bonds. The minimum Gasteiger partial charge on any atom is -0.259 e. The van der Waals surface area contributed by atoms with E-state index in [9.17, 15) is 28.6 Å². The molecule has 1 aliphatic rings. The lowest BCUT2D eigenvalue weighted by Gasteiger charge is -2.35. The summed E-state index contributed by atoms with van der Waals surface area (Å²) in [5, 5.41) is 22.9. The van der Waals surface area contributed by atoms with Crippen LogP contribution in [-0.4, -0.2) is 18.3 Å². The summed E-state index contributed by atoms with van der Waals surface area (Å²) >= 11 is 0. The van der Waals surface area contributed by atoms with E-state index in [1.807, 2.05) is 0 Å². The lowest BCUT2D eigenvalue weighted by molar-refractivity contribution is -0.428. The number of hydrogen-bond acceptors (Lipinski definition) is 6. The number of para-hydroxylation sites is 1. The molecule has 1 heterocycles. The normalized spacial score (nSPS) is 15.7. The summed E-state index contributed by atoms with van der Waals surface area (Å²) in [5.41, 5.74) is 0.525. The predicted molar refractivity (Wildman–Crippen MR) is 113 cm³/mol. The average Bonchev–Trinajstić information content (AvgIpc) is 2.78. The zero-order chi connectivity index (χ0) is 22.2. The third kappa shape index (κ3) is 3.53. The highest BCUT2D eigenvalue weighted by molar-refractivity contribution is 7.92. The van der Waals surface area contributed by atoms with Crippen LogP contribution in [0.5, 0.6) is 0 Å². The molecule has 0 N–H and O–H groups in total. The number of hydrogen-bond donors (Lipinski definition) is 0. The van der Waals surface area contributed by atoms with Gasteiger partial charge in [-0.05, 0) is 23.8 Å². The van der Waals surface area contributed by atoms with Gasteiger partial charge < -0.3 is 0 Å². The number of nitrogens with zero attached hydrogens (tertiary/aromatic N) is 3. The first-order chi connectivity index (χ1) is 14.8. The summed E-state index contributed by atoms with van der Waals surface area (Å²) in [5.74, 6) is 0. The van der Waals surface area contributed by atoms with Gasteiger partial charge in [0.15, 0.2) is 6.04 Å². The lowest BCUT2D eigenvalue weighted by atomic mass is 9.97. The van der Waals surface area contributed by atoms with Crippen LogP contribution in [0.3, 0.4) is 0 Å². The van der Waals surface area contributed by atoms with Crippen molar-refractivity contribution in [3.8, 4) is 0 Å². The molecule has 10 heteroatoms. The van der Waals surface area contributed by atoms with Crippen LogP contribution in [-0.2, 0) is 10.0 Å². The van der Waals surface area contributed by atoms with Crippen LogP contribution in [0, 0.1) is 20.2 Å². The van der Waals surface area contributed by atoms with Crippen LogP contribution in [0.1, 0.15) is 17.2 Å². The maximum atomic E-state index is 13.7. The summed E-state index contributed by atoms with van der Waals surface area (Å²) < 4.78 is 28.4. The topological polar surface area (TPSA) is 124 Å². The Kier molecular flexibility index (Phi) is 4.99. The van der Waals surface area contributed by atoms with Crippen molar-refractivity contribution < 1.29 is 18.3 Å². The van der Waals surface area contributed by atoms with Gasteiger partial charge in [0.05, 0.1) is 20.4 Å². The third-order valence-corrected chi connectivity index (χ3v) is 6.72. The molecule has 3 aromatic rings. The molecule has 0 aromatic heterocycles. The van der Waals surface area contributed by atoms with Gasteiger partial charge in [-0.1, -0.05) is 48.5 Å². The highest BCUT2D eigenvalue weighted by atomic mass is 32.2. The highest BCUT2D eigenvalue weighted by Crippen LogP contribution is 2.44. The van der Waals surface area contributed by atoms with E-state index in [2.05, 4.69) is 0 Å². The third-order valence-electron chi connectivity index (χ3n) is 4.92. The van der Waals surface area contributed by atoms with Crippen molar-refractivity contribution in [1.29, 1.82) is 0 Å². The fraction of sp³-hybridized carbons (Fsp3) is 0.0476. The molecule has 0 aliphatic carbocycles. The van der Waals surface area contributed by atoms with Crippen molar-refractivity contribution in [1.82, 2.24) is 0 Å². The molecule has 0 radical (unpaired) electrons. The standard InChI is InChI=1S/C21H15N3O6S/c25-23(26)17-10-12-18(13-11-17)31(29,30)22-19-9-5-4-8-16(19)14-20(24(27)28)21(22)15-6-2-1-3-7-15/h1-14,21H/t21-/m0/s1. The molecule has 0 spiro atoms. The van der Waals surface area contributed by atoms with Gasteiger partial charge >= 0.3 is 0 Å². The number of benzene rings is 3. The zero-order valence-corrected chi connectivity index (χ0v) is 16.7. The van der Waals surface area contributed by atoms with Crippen molar-refractivity contribution >= 4 is 27.5 Å². The van der Waals surface area contributed by atoms with Gasteiger partial charge in [0, 0.05) is 23.8 Å². The fourth-order valence-electron chi connectivity index (χ4n) is 3.52. The van der Waals surface area contributed by atoms with Crippen LogP contribution in [0.4, 0.5) is 11.4 Å². The number of rotatable bonds is 5. The number of nitro groups is 2. The molecule has 4 rings (SSSR count). The van der Waals surface area contributed by atoms with Crippen molar-refractivity contribution in [3.05, 3.63) is 116 Å². The summed E-state index contributed by atoms with van der Waals surface area (Å²) in [7, 11) is -4.32. The predicted octanol–water partition coefficient (Wildman–Crippen LogP) is 4.16. The van der Waals surface area contributed by atoms with Gasteiger partial charge in [-0.3, -0.25) is 20.2 Å². The zero-order valence-electron chi connectivity index (χ0n) is 15.9. The van der Waals surface area contributed by atoms with E-state index in [1.54, 1.807) is 54.6 Å². The average molecular weight is 437 g/mol. The Labute approximate surface area is 177 Å². The van der Waals surface area contributed by atoms with Crippen molar-refractivity contribution in [2.45, 2.75) is 10.9 Å². The monoisotopic (exact) mass is 437 g/mol. The number of fused-ring (bicyclic) bond motifs is 1. The first-order valence-corrected chi connectivity index (χ1v) is 10.5. The minimum atomic E-state index is -4.32. The molecule has 1 atom stereocenters. The van der Waals surface area contributed by atoms with Gasteiger partial charge in [-0.2, -0.15) is 0 Å². The molecule has 9 nitrogen and oxygen atoms in total. The summed E-state index contributed by atoms with van der Waals surface area (Å²) in [6, 6.07) is 18.0. The van der Waals surface area contributed by atoms with E-state index in [0.717, 1.165) is 28.6 Å². The van der Waals surface area contributed by atoms with Crippen molar-refractivity contribution in [3.63, 3.8) is 0 Å². The summed E-state index contributed by atoms with van der Waals surface area (Å²) in [6.07, 6.45) is 1.37. The molecular formula is C21H15N3O6S. The number of sulfonamides is 1. The summed E-state index contributed by atoms with van der Waals surface area (Å²) in [6.45, 7) is 0. The van der Waals surface area contributed by atoms with E-state index in [1.165, 1.54) is 6.08 Å². The Morgan fingerprint density at radius 2 is 1.39 bits per heavy atom. The highest BCUT2D eigenvalue weighted by Gasteiger charge is 2.43. The molecule has 0 unspecified atom stereocenters. The van der Waals surface area contributed by atoms with Gasteiger partial charge in [-0.15, -0.1) is 0 Å². The maximum absolute atomic E-state index is 13.7. The Bertz CT molecular complexity index is 1300. The Morgan fingerprint density at radius 3 is 2.00 bits per heavy atom. The fourth-order valence-corrected chi connectivity index (χ4v) is 5.16. The largest absolute Gasteiger partial charge is 0.274 e. The number of anilines is 1. The van der Waals surface area contributed by atoms with Gasteiger partial charge in [0.1, 0.15) is 0 Å². The molecule has 0 bridgehead atoms. The molecule has 1 aliphatic heterocycles. The molecular weight excluding hydrogens is 422 g/mol. The van der Waals surface area contributed by atoms with Crippen LogP contribution in [0.25, 0.3) is 6.08 Å². The molecule has 3 aromatic carbocycles. The summed E-state index contributed by atoms with van der Waals surface area (Å²) in [4.78, 5) is 21.4. The van der Waals surface area contributed by atoms with Gasteiger partial charge in [0.25, 0.3) is 21.4 Å². The smallest absolute Gasteiger partial charge is 0.259 e. The molecule has 0 saturated heterocycles. The van der Waals surface area contributed by atoms with E-state index >= 15 is 0 Å². The molecule has 0 fully saturated rings. The SMILES string of the molecule is O=[N+]([O-])C1=Cc2ccccc2N(S(=O)(=O)c2ccc([N+](=O)[O-])cc2)[C@H]1c1ccccc1. The van der Waals surface area contributed by atoms with Crippen LogP contribution in [0.15, 0.2) is 89.5 Å². The molecule has 31 heavy (non-hydrogen) atoms. The first-order valence-electron chi connectivity index (χ1n) is 9.09. The van der Waals surface area contributed by atoms with E-state index in [0.29, 0.717) is 11.1 Å². The minimum absolute atomic E-state index is 0.210. The number of nitro benzene ring substituents is 1. The Hall–Kier alpha value is -4.05. The van der Waals surface area contributed by atoms with Gasteiger partial charge in [-0.25, -0.2) is 12.7 Å². The van der Waals surface area contributed by atoms with Crippen LogP contribution >= 0.6 is 0 Å². The quantitative estimate of drug-likeness (QED) is 0.436.